The first kappa shape index (κ1) is 17.5. The third-order valence-electron chi connectivity index (χ3n) is 4.50. The van der Waals surface area contributed by atoms with Crippen molar-refractivity contribution in [3.05, 3.63) is 0 Å². The standard InChI is InChI=1S/C17H33NO2/c1-13(2)11-15-7-5-8-16(12-15)18(14(3)4)10-6-9-17(19)20/h13-16H,5-12H2,1-4H3,(H,19,20). The van der Waals surface area contributed by atoms with Crippen molar-refractivity contribution >= 4 is 5.97 Å². The highest BCUT2D eigenvalue weighted by Gasteiger charge is 2.28. The Morgan fingerprint density at radius 2 is 1.95 bits per heavy atom. The van der Waals surface area contributed by atoms with E-state index in [2.05, 4.69) is 32.6 Å². The van der Waals surface area contributed by atoms with Gasteiger partial charge in [0.25, 0.3) is 0 Å². The fourth-order valence-corrected chi connectivity index (χ4v) is 3.72. The Kier molecular flexibility index (Phi) is 7.57. The largest absolute Gasteiger partial charge is 0.481 e. The smallest absolute Gasteiger partial charge is 0.303 e. The van der Waals surface area contributed by atoms with Gasteiger partial charge < -0.3 is 5.11 Å². The molecule has 3 nitrogen and oxygen atoms in total. The minimum atomic E-state index is -0.671. The van der Waals surface area contributed by atoms with Crippen molar-refractivity contribution in [2.24, 2.45) is 11.8 Å². The van der Waals surface area contributed by atoms with Crippen LogP contribution in [0.5, 0.6) is 0 Å². The number of aliphatic carboxylic acids is 1. The zero-order chi connectivity index (χ0) is 15.1. The van der Waals surface area contributed by atoms with Crippen LogP contribution in [0, 0.1) is 11.8 Å². The second-order valence-corrected chi connectivity index (χ2v) is 7.14. The van der Waals surface area contributed by atoms with Crippen LogP contribution in [0.1, 0.15) is 72.6 Å². The summed E-state index contributed by atoms with van der Waals surface area (Å²) in [5.74, 6) is 0.989. The average molecular weight is 283 g/mol. The topological polar surface area (TPSA) is 40.5 Å². The maximum Gasteiger partial charge on any atom is 0.303 e. The molecule has 1 fully saturated rings. The van der Waals surface area contributed by atoms with Crippen LogP contribution in [-0.2, 0) is 4.79 Å². The van der Waals surface area contributed by atoms with Crippen LogP contribution in [0.15, 0.2) is 0 Å². The van der Waals surface area contributed by atoms with Crippen molar-refractivity contribution in [3.8, 4) is 0 Å². The van der Waals surface area contributed by atoms with E-state index in [4.69, 9.17) is 5.11 Å². The number of carboxylic acid groups (broad SMARTS) is 1. The molecule has 2 atom stereocenters. The number of nitrogens with zero attached hydrogens (tertiary/aromatic N) is 1. The second kappa shape index (κ2) is 8.66. The van der Waals surface area contributed by atoms with E-state index in [1.165, 1.54) is 32.1 Å². The molecular weight excluding hydrogens is 250 g/mol. The van der Waals surface area contributed by atoms with E-state index >= 15 is 0 Å². The lowest BCUT2D eigenvalue weighted by molar-refractivity contribution is -0.137. The van der Waals surface area contributed by atoms with Crippen molar-refractivity contribution in [2.45, 2.75) is 84.7 Å². The molecule has 0 amide bonds. The van der Waals surface area contributed by atoms with Gasteiger partial charge in [-0.2, -0.15) is 0 Å². The van der Waals surface area contributed by atoms with Crippen LogP contribution in [0.3, 0.4) is 0 Å². The van der Waals surface area contributed by atoms with Gasteiger partial charge in [0.15, 0.2) is 0 Å². The number of carbonyl (C=O) groups is 1. The summed E-state index contributed by atoms with van der Waals surface area (Å²) in [7, 11) is 0. The first-order valence-corrected chi connectivity index (χ1v) is 8.37. The Bertz CT molecular complexity index is 289. The number of carboxylic acids is 1. The van der Waals surface area contributed by atoms with Gasteiger partial charge in [-0.15, -0.1) is 0 Å². The van der Waals surface area contributed by atoms with Crippen molar-refractivity contribution in [2.75, 3.05) is 6.54 Å². The zero-order valence-electron chi connectivity index (χ0n) is 13.8. The van der Waals surface area contributed by atoms with Crippen LogP contribution in [0.4, 0.5) is 0 Å². The van der Waals surface area contributed by atoms with Gasteiger partial charge in [-0.1, -0.05) is 26.7 Å². The van der Waals surface area contributed by atoms with Gasteiger partial charge in [0.1, 0.15) is 0 Å². The number of hydrogen-bond donors (Lipinski definition) is 1. The first-order valence-electron chi connectivity index (χ1n) is 8.37. The molecule has 1 rings (SSSR count). The molecule has 0 bridgehead atoms. The number of hydrogen-bond acceptors (Lipinski definition) is 2. The van der Waals surface area contributed by atoms with Crippen molar-refractivity contribution in [1.29, 1.82) is 0 Å². The Hall–Kier alpha value is -0.570. The lowest BCUT2D eigenvalue weighted by Gasteiger charge is -2.40. The molecule has 0 aromatic rings. The molecule has 0 heterocycles. The molecule has 1 aliphatic carbocycles. The van der Waals surface area contributed by atoms with E-state index in [1.54, 1.807) is 0 Å². The molecule has 0 aromatic carbocycles. The summed E-state index contributed by atoms with van der Waals surface area (Å²) in [6.45, 7) is 10.1. The summed E-state index contributed by atoms with van der Waals surface area (Å²) >= 11 is 0. The molecule has 118 valence electrons. The minimum absolute atomic E-state index is 0.297. The van der Waals surface area contributed by atoms with Gasteiger partial charge in [-0.05, 0) is 57.9 Å². The third-order valence-corrected chi connectivity index (χ3v) is 4.50. The van der Waals surface area contributed by atoms with Crippen LogP contribution in [-0.4, -0.2) is 34.6 Å². The molecule has 1 saturated carbocycles. The molecule has 3 heteroatoms. The average Bonchev–Trinajstić information content (AvgIpc) is 2.33. The van der Waals surface area contributed by atoms with Crippen molar-refractivity contribution < 1.29 is 9.90 Å². The van der Waals surface area contributed by atoms with Gasteiger partial charge >= 0.3 is 5.97 Å². The van der Waals surface area contributed by atoms with E-state index in [1.807, 2.05) is 0 Å². The molecule has 0 aromatic heterocycles. The summed E-state index contributed by atoms with van der Waals surface area (Å²) in [6, 6.07) is 1.19. The van der Waals surface area contributed by atoms with Crippen molar-refractivity contribution in [1.82, 2.24) is 4.90 Å². The van der Waals surface area contributed by atoms with Gasteiger partial charge in [-0.3, -0.25) is 9.69 Å². The van der Waals surface area contributed by atoms with Gasteiger partial charge in [0.05, 0.1) is 0 Å². The highest BCUT2D eigenvalue weighted by atomic mass is 16.4. The normalized spacial score (nSPS) is 23.8. The maximum atomic E-state index is 10.7. The monoisotopic (exact) mass is 283 g/mol. The lowest BCUT2D eigenvalue weighted by Crippen LogP contribution is -2.43. The first-order chi connectivity index (χ1) is 9.40. The van der Waals surface area contributed by atoms with Crippen molar-refractivity contribution in [3.63, 3.8) is 0 Å². The zero-order valence-corrected chi connectivity index (χ0v) is 13.8. The fourth-order valence-electron chi connectivity index (χ4n) is 3.72. The SMILES string of the molecule is CC(C)CC1CCCC(N(CCCC(=O)O)C(C)C)C1. The lowest BCUT2D eigenvalue weighted by atomic mass is 9.80. The molecule has 0 radical (unpaired) electrons. The van der Waals surface area contributed by atoms with Crippen LogP contribution < -0.4 is 0 Å². The Morgan fingerprint density at radius 3 is 2.50 bits per heavy atom. The second-order valence-electron chi connectivity index (χ2n) is 7.14. The quantitative estimate of drug-likeness (QED) is 0.727. The molecule has 0 aliphatic heterocycles. The molecule has 1 N–H and O–H groups in total. The molecule has 1 aliphatic rings. The summed E-state index contributed by atoms with van der Waals surface area (Å²) in [6.07, 6.45) is 7.74. The Labute approximate surface area is 124 Å². The van der Waals surface area contributed by atoms with Gasteiger partial charge in [0.2, 0.25) is 0 Å². The van der Waals surface area contributed by atoms with Crippen LogP contribution in [0.2, 0.25) is 0 Å². The van der Waals surface area contributed by atoms with E-state index in [0.717, 1.165) is 24.8 Å². The molecule has 2 unspecified atom stereocenters. The summed E-state index contributed by atoms with van der Waals surface area (Å²) < 4.78 is 0. The highest BCUT2D eigenvalue weighted by molar-refractivity contribution is 5.66. The van der Waals surface area contributed by atoms with E-state index in [-0.39, 0.29) is 0 Å². The third kappa shape index (κ3) is 6.25. The van der Waals surface area contributed by atoms with Gasteiger partial charge in [0, 0.05) is 18.5 Å². The predicted molar refractivity (Wildman–Crippen MR) is 83.9 cm³/mol. The fraction of sp³-hybridized carbons (Fsp3) is 0.941. The summed E-state index contributed by atoms with van der Waals surface area (Å²) in [4.78, 5) is 13.2. The predicted octanol–water partition coefficient (Wildman–Crippen LogP) is 4.17. The molecule has 0 spiro atoms. The van der Waals surface area contributed by atoms with Gasteiger partial charge in [-0.25, -0.2) is 0 Å². The van der Waals surface area contributed by atoms with Crippen LogP contribution in [0.25, 0.3) is 0 Å². The summed E-state index contributed by atoms with van der Waals surface area (Å²) in [5, 5.41) is 8.80. The molecular formula is C17H33NO2. The highest BCUT2D eigenvalue weighted by Crippen LogP contribution is 2.32. The number of rotatable bonds is 8. The van der Waals surface area contributed by atoms with E-state index in [9.17, 15) is 4.79 Å². The maximum absolute atomic E-state index is 10.7. The Morgan fingerprint density at radius 1 is 1.25 bits per heavy atom. The van der Waals surface area contributed by atoms with Crippen LogP contribution >= 0.6 is 0 Å². The minimum Gasteiger partial charge on any atom is -0.481 e. The summed E-state index contributed by atoms with van der Waals surface area (Å²) in [5.41, 5.74) is 0. The Balaban J connectivity index is 2.50. The molecule has 0 saturated heterocycles. The van der Waals surface area contributed by atoms with E-state index in [0.29, 0.717) is 18.5 Å². The van der Waals surface area contributed by atoms with E-state index < -0.39 is 5.97 Å². The molecule has 20 heavy (non-hydrogen) atoms.